The Bertz CT molecular complexity index is 1910. The highest BCUT2D eigenvalue weighted by Crippen LogP contribution is 2.26. The minimum Gasteiger partial charge on any atom is -0.493 e. The van der Waals surface area contributed by atoms with Crippen molar-refractivity contribution in [2.24, 2.45) is 11.8 Å². The lowest BCUT2D eigenvalue weighted by Gasteiger charge is -2.37. The number of aromatic nitrogens is 6. The van der Waals surface area contributed by atoms with Gasteiger partial charge in [-0.15, -0.1) is 0 Å². The zero-order chi connectivity index (χ0) is 36.6. The fraction of sp³-hybridized carbons (Fsp3) is 0.421. The summed E-state index contributed by atoms with van der Waals surface area (Å²) in [5.41, 5.74) is 3.03. The first-order valence-corrected chi connectivity index (χ1v) is 17.8. The highest BCUT2D eigenvalue weighted by molar-refractivity contribution is 5.54. The van der Waals surface area contributed by atoms with Crippen LogP contribution in [0.3, 0.4) is 0 Å². The zero-order valence-corrected chi connectivity index (χ0v) is 29.5. The van der Waals surface area contributed by atoms with Gasteiger partial charge in [-0.05, 0) is 92.3 Å². The summed E-state index contributed by atoms with van der Waals surface area (Å²) in [6.07, 6.45) is 5.37. The van der Waals surface area contributed by atoms with Crippen LogP contribution in [0.4, 0.5) is 20.2 Å². The first-order valence-electron chi connectivity index (χ1n) is 17.8. The number of rotatable bonds is 16. The molecule has 1 saturated heterocycles. The second-order valence-electron chi connectivity index (χ2n) is 13.4. The number of aliphatic hydroxyl groups excluding tert-OH is 2. The molecule has 4 atom stereocenters. The lowest BCUT2D eigenvalue weighted by molar-refractivity contribution is 0.118. The van der Waals surface area contributed by atoms with Crippen molar-refractivity contribution in [2.75, 3.05) is 49.2 Å². The van der Waals surface area contributed by atoms with E-state index in [0.717, 1.165) is 49.3 Å². The zero-order valence-electron chi connectivity index (χ0n) is 29.5. The Morgan fingerprint density at radius 2 is 1.52 bits per heavy atom. The quantitative estimate of drug-likeness (QED) is 0.152. The molecule has 0 bridgehead atoms. The molecule has 2 aromatic heterocycles. The van der Waals surface area contributed by atoms with Gasteiger partial charge in [0.05, 0.1) is 24.4 Å². The number of aliphatic hydroxyl groups is 2. The molecule has 1 aliphatic heterocycles. The molecule has 3 aromatic carbocycles. The van der Waals surface area contributed by atoms with Gasteiger partial charge in [0.15, 0.2) is 0 Å². The van der Waals surface area contributed by atoms with Gasteiger partial charge < -0.3 is 24.7 Å². The van der Waals surface area contributed by atoms with Crippen molar-refractivity contribution in [2.45, 2.75) is 51.8 Å². The average molecular weight is 717 g/mol. The molecular weight excluding hydrogens is 670 g/mol. The van der Waals surface area contributed by atoms with Gasteiger partial charge in [-0.3, -0.25) is 4.68 Å². The fourth-order valence-electron chi connectivity index (χ4n) is 6.93. The van der Waals surface area contributed by atoms with Crippen LogP contribution in [0.2, 0.25) is 0 Å². The number of nitrogens with zero attached hydrogens (tertiary/aromatic N) is 8. The van der Waals surface area contributed by atoms with E-state index < -0.39 is 17.7 Å². The van der Waals surface area contributed by atoms with Gasteiger partial charge in [-0.2, -0.15) is 10.2 Å². The first-order chi connectivity index (χ1) is 25.2. The summed E-state index contributed by atoms with van der Waals surface area (Å²) >= 11 is 0. The van der Waals surface area contributed by atoms with E-state index in [9.17, 15) is 23.8 Å². The molecule has 6 rings (SSSR count). The smallest absolute Gasteiger partial charge is 0.350 e. The molecule has 0 amide bonds. The molecule has 276 valence electrons. The average Bonchev–Trinajstić information content (AvgIpc) is 3.81. The lowest BCUT2D eigenvalue weighted by atomic mass is 9.89. The molecule has 0 spiro atoms. The molecule has 14 heteroatoms. The van der Waals surface area contributed by atoms with E-state index in [2.05, 4.69) is 25.0 Å². The van der Waals surface area contributed by atoms with Crippen LogP contribution in [0, 0.1) is 23.5 Å². The van der Waals surface area contributed by atoms with Gasteiger partial charge in [0.1, 0.15) is 36.4 Å². The summed E-state index contributed by atoms with van der Waals surface area (Å²) in [4.78, 5) is 21.6. The summed E-state index contributed by atoms with van der Waals surface area (Å²) in [7, 11) is 0. The van der Waals surface area contributed by atoms with Crippen molar-refractivity contribution in [3.8, 4) is 11.4 Å². The fourth-order valence-corrected chi connectivity index (χ4v) is 6.93. The number of halogens is 2. The van der Waals surface area contributed by atoms with Gasteiger partial charge >= 0.3 is 5.69 Å². The van der Waals surface area contributed by atoms with Crippen molar-refractivity contribution < 1.29 is 23.7 Å². The standard InChI is InChI=1S/C38H46F2N8O4/c1-3-37(27(2)50)48-38(51)47(26-43-48)34-8-6-32(7-9-34)44-14-16-45(17-15-44)33-10-12-35(13-11-33)52-23-29(22-49)18-28(21-46-25-41-24-42-46)19-30-4-5-31(39)20-36(30)40/h4-13,20,24-29,37,49-50H,3,14-19,21-23H2,1-2H3/t27-,28+,29?,37?/m0/s1. The number of piperazine rings is 1. The molecule has 2 N–H and O–H groups in total. The van der Waals surface area contributed by atoms with E-state index in [1.54, 1.807) is 17.9 Å². The second-order valence-corrected chi connectivity index (χ2v) is 13.4. The Morgan fingerprint density at radius 1 is 0.865 bits per heavy atom. The van der Waals surface area contributed by atoms with Gasteiger partial charge in [0.2, 0.25) is 0 Å². The summed E-state index contributed by atoms with van der Waals surface area (Å²) in [5.74, 6) is -0.811. The lowest BCUT2D eigenvalue weighted by Crippen LogP contribution is -2.46. The normalized spacial score (nSPS) is 15.7. The van der Waals surface area contributed by atoms with Crippen molar-refractivity contribution in [3.05, 3.63) is 113 Å². The highest BCUT2D eigenvalue weighted by Gasteiger charge is 2.23. The third kappa shape index (κ3) is 8.86. The van der Waals surface area contributed by atoms with Crippen LogP contribution in [-0.2, 0) is 13.0 Å². The Kier molecular flexibility index (Phi) is 12.0. The molecule has 0 radical (unpaired) electrons. The second kappa shape index (κ2) is 17.0. The van der Waals surface area contributed by atoms with E-state index in [1.165, 1.54) is 34.0 Å². The van der Waals surface area contributed by atoms with Gasteiger partial charge in [-0.25, -0.2) is 27.8 Å². The number of anilines is 2. The topological polar surface area (TPSA) is 127 Å². The van der Waals surface area contributed by atoms with E-state index in [4.69, 9.17) is 4.74 Å². The molecule has 2 unspecified atom stereocenters. The Hall–Kier alpha value is -5.08. The van der Waals surface area contributed by atoms with Crippen LogP contribution < -0.4 is 20.2 Å². The maximum absolute atomic E-state index is 14.5. The maximum atomic E-state index is 14.5. The van der Waals surface area contributed by atoms with E-state index >= 15 is 0 Å². The van der Waals surface area contributed by atoms with Crippen LogP contribution >= 0.6 is 0 Å². The SMILES string of the molecule is CCC([C@H](C)O)n1ncn(-c2ccc(N3CCN(c4ccc(OCC(CO)C[C@H](Cc5ccc(F)cc5F)Cn5cncn5)cc4)CC3)cc2)c1=O. The summed E-state index contributed by atoms with van der Waals surface area (Å²) in [5, 5.41) is 28.7. The van der Waals surface area contributed by atoms with Gasteiger partial charge in [-0.1, -0.05) is 13.0 Å². The third-order valence-corrected chi connectivity index (χ3v) is 9.80. The van der Waals surface area contributed by atoms with E-state index in [1.807, 2.05) is 55.5 Å². The summed E-state index contributed by atoms with van der Waals surface area (Å²) in [6.45, 7) is 7.57. The molecule has 0 aliphatic carbocycles. The van der Waals surface area contributed by atoms with Crippen molar-refractivity contribution in [3.63, 3.8) is 0 Å². The Morgan fingerprint density at radius 3 is 2.10 bits per heavy atom. The first kappa shape index (κ1) is 36.7. The summed E-state index contributed by atoms with van der Waals surface area (Å²) in [6, 6.07) is 19.1. The number of hydrogen-bond donors (Lipinski definition) is 2. The van der Waals surface area contributed by atoms with Crippen molar-refractivity contribution in [1.82, 2.24) is 29.1 Å². The van der Waals surface area contributed by atoms with Crippen molar-refractivity contribution >= 4 is 11.4 Å². The molecule has 1 fully saturated rings. The molecular formula is C38H46F2N8O4. The van der Waals surface area contributed by atoms with E-state index in [0.29, 0.717) is 37.1 Å². The van der Waals surface area contributed by atoms with Crippen LogP contribution in [0.1, 0.15) is 38.3 Å². The molecule has 0 saturated carbocycles. The van der Waals surface area contributed by atoms with Crippen molar-refractivity contribution in [1.29, 1.82) is 0 Å². The van der Waals surface area contributed by atoms with E-state index in [-0.39, 0.29) is 36.8 Å². The Balaban J connectivity index is 1.00. The monoisotopic (exact) mass is 716 g/mol. The third-order valence-electron chi connectivity index (χ3n) is 9.80. The molecule has 12 nitrogen and oxygen atoms in total. The number of ether oxygens (including phenoxy) is 1. The number of hydrogen-bond acceptors (Lipinski definition) is 9. The van der Waals surface area contributed by atoms with Gasteiger partial charge in [0.25, 0.3) is 0 Å². The number of benzene rings is 3. The maximum Gasteiger partial charge on any atom is 0.350 e. The minimum absolute atomic E-state index is 0.0915. The predicted octanol–water partition coefficient (Wildman–Crippen LogP) is 4.50. The molecule has 5 aromatic rings. The van der Waals surface area contributed by atoms with Crippen LogP contribution in [-0.4, -0.2) is 84.8 Å². The molecule has 1 aliphatic rings. The van der Waals surface area contributed by atoms with Crippen LogP contribution in [0.5, 0.6) is 5.75 Å². The minimum atomic E-state index is -0.680. The predicted molar refractivity (Wildman–Crippen MR) is 194 cm³/mol. The molecule has 3 heterocycles. The summed E-state index contributed by atoms with van der Waals surface area (Å²) < 4.78 is 38.6. The van der Waals surface area contributed by atoms with Crippen LogP contribution in [0.25, 0.3) is 5.69 Å². The largest absolute Gasteiger partial charge is 0.493 e. The van der Waals surface area contributed by atoms with Gasteiger partial charge in [0, 0.05) is 62.7 Å². The molecule has 52 heavy (non-hydrogen) atoms. The van der Waals surface area contributed by atoms with Crippen LogP contribution in [0.15, 0.2) is 90.5 Å². The Labute approximate surface area is 301 Å². The highest BCUT2D eigenvalue weighted by atomic mass is 19.1.